The van der Waals surface area contributed by atoms with Gasteiger partial charge >= 0.3 is 5.97 Å². The zero-order valence-electron chi connectivity index (χ0n) is 13.2. The van der Waals surface area contributed by atoms with Crippen molar-refractivity contribution < 1.29 is 9.53 Å². The molecule has 0 fully saturated rings. The molecule has 118 valence electrons. The Kier molecular flexibility index (Phi) is 7.57. The van der Waals surface area contributed by atoms with E-state index in [1.165, 1.54) is 11.8 Å². The van der Waals surface area contributed by atoms with Gasteiger partial charge in [-0.25, -0.2) is 0 Å². The van der Waals surface area contributed by atoms with Crippen LogP contribution in [0.1, 0.15) is 39.7 Å². The Morgan fingerprint density at radius 3 is 2.71 bits per heavy atom. The Morgan fingerprint density at radius 1 is 1.38 bits per heavy atom. The van der Waals surface area contributed by atoms with E-state index in [9.17, 15) is 4.79 Å². The molecule has 0 unspecified atom stereocenters. The second-order valence-corrected chi connectivity index (χ2v) is 7.26. The molecule has 0 aliphatic rings. The summed E-state index contributed by atoms with van der Waals surface area (Å²) in [4.78, 5) is 12.8. The zero-order chi connectivity index (χ0) is 15.9. The molecule has 0 amide bonds. The molecular weight excluding hydrogens is 306 g/mol. The van der Waals surface area contributed by atoms with Crippen molar-refractivity contribution in [1.82, 2.24) is 5.32 Å². The second kappa shape index (κ2) is 8.66. The first kappa shape index (κ1) is 18.3. The Bertz CT molecular complexity index is 472. The number of nitrogens with one attached hydrogen (secondary N) is 1. The highest BCUT2D eigenvalue weighted by Gasteiger charge is 2.16. The number of carbonyl (C=O) groups excluding carboxylic acids is 1. The van der Waals surface area contributed by atoms with Gasteiger partial charge < -0.3 is 10.1 Å². The van der Waals surface area contributed by atoms with Crippen molar-refractivity contribution in [1.29, 1.82) is 0 Å². The molecule has 0 heterocycles. The number of rotatable bonds is 7. The molecule has 21 heavy (non-hydrogen) atoms. The molecule has 0 saturated carbocycles. The van der Waals surface area contributed by atoms with Gasteiger partial charge in [0.15, 0.2) is 0 Å². The summed E-state index contributed by atoms with van der Waals surface area (Å²) in [5.74, 6) is 0.0817. The van der Waals surface area contributed by atoms with Crippen LogP contribution in [0.5, 0.6) is 0 Å². The highest BCUT2D eigenvalue weighted by atomic mass is 35.5. The smallest absolute Gasteiger partial charge is 0.316 e. The van der Waals surface area contributed by atoms with E-state index in [1.54, 1.807) is 0 Å². The lowest BCUT2D eigenvalue weighted by atomic mass is 10.2. The van der Waals surface area contributed by atoms with Gasteiger partial charge in [0.2, 0.25) is 0 Å². The summed E-state index contributed by atoms with van der Waals surface area (Å²) in [7, 11) is 0. The topological polar surface area (TPSA) is 38.3 Å². The van der Waals surface area contributed by atoms with Crippen molar-refractivity contribution in [3.63, 3.8) is 0 Å². The lowest BCUT2D eigenvalue weighted by Gasteiger charge is -2.19. The maximum atomic E-state index is 11.8. The molecule has 1 N–H and O–H groups in total. The predicted octanol–water partition coefficient (Wildman–Crippen LogP) is 4.27. The Labute approximate surface area is 136 Å². The molecule has 5 heteroatoms. The van der Waals surface area contributed by atoms with Gasteiger partial charge in [0.1, 0.15) is 5.60 Å². The first-order valence-corrected chi connectivity index (χ1v) is 8.52. The van der Waals surface area contributed by atoms with Gasteiger partial charge in [0.25, 0.3) is 0 Å². The lowest BCUT2D eigenvalue weighted by molar-refractivity contribution is -0.151. The number of ether oxygens (including phenoxy) is 1. The van der Waals surface area contributed by atoms with Gasteiger partial charge in [-0.15, -0.1) is 11.8 Å². The molecule has 3 nitrogen and oxygen atoms in total. The lowest BCUT2D eigenvalue weighted by Crippen LogP contribution is -2.25. The number of thioether (sulfide) groups is 1. The third kappa shape index (κ3) is 7.74. The van der Waals surface area contributed by atoms with E-state index < -0.39 is 5.60 Å². The van der Waals surface area contributed by atoms with Crippen molar-refractivity contribution in [3.05, 3.63) is 28.8 Å². The number of benzene rings is 1. The van der Waals surface area contributed by atoms with Crippen molar-refractivity contribution in [2.45, 2.75) is 51.2 Å². The van der Waals surface area contributed by atoms with Crippen LogP contribution in [0.4, 0.5) is 0 Å². The molecule has 0 aliphatic carbocycles. The average molecular weight is 330 g/mol. The summed E-state index contributed by atoms with van der Waals surface area (Å²) in [5, 5.41) is 4.05. The summed E-state index contributed by atoms with van der Waals surface area (Å²) < 4.78 is 5.32. The van der Waals surface area contributed by atoms with Crippen LogP contribution in [-0.2, 0) is 16.1 Å². The summed E-state index contributed by atoms with van der Waals surface area (Å²) in [6.07, 6.45) is 1.09. The van der Waals surface area contributed by atoms with E-state index in [0.29, 0.717) is 10.8 Å². The van der Waals surface area contributed by atoms with Crippen LogP contribution in [0.15, 0.2) is 23.1 Å². The molecule has 1 rings (SSSR count). The number of hydrogen-bond acceptors (Lipinski definition) is 4. The summed E-state index contributed by atoms with van der Waals surface area (Å²) in [6.45, 7) is 9.49. The van der Waals surface area contributed by atoms with E-state index in [-0.39, 0.29) is 5.97 Å². The number of esters is 1. The first-order chi connectivity index (χ1) is 9.81. The van der Waals surface area contributed by atoms with Crippen LogP contribution in [0.2, 0.25) is 5.02 Å². The molecule has 0 radical (unpaired) electrons. The van der Waals surface area contributed by atoms with Gasteiger partial charge in [-0.1, -0.05) is 24.6 Å². The third-order valence-corrected chi connectivity index (χ3v) is 3.84. The van der Waals surface area contributed by atoms with Crippen LogP contribution >= 0.6 is 23.4 Å². The van der Waals surface area contributed by atoms with E-state index in [2.05, 4.69) is 12.2 Å². The average Bonchev–Trinajstić information content (AvgIpc) is 2.37. The molecule has 0 spiro atoms. The minimum Gasteiger partial charge on any atom is -0.459 e. The molecule has 1 aromatic rings. The van der Waals surface area contributed by atoms with E-state index in [4.69, 9.17) is 16.3 Å². The summed E-state index contributed by atoms with van der Waals surface area (Å²) >= 11 is 7.52. The van der Waals surface area contributed by atoms with Gasteiger partial charge in [0, 0.05) is 16.5 Å². The Morgan fingerprint density at radius 2 is 2.10 bits per heavy atom. The van der Waals surface area contributed by atoms with Crippen LogP contribution in [0.3, 0.4) is 0 Å². The minimum atomic E-state index is -0.447. The highest BCUT2D eigenvalue weighted by molar-refractivity contribution is 8.00. The minimum absolute atomic E-state index is 0.208. The van der Waals surface area contributed by atoms with Crippen molar-refractivity contribution >= 4 is 29.3 Å². The fraction of sp³-hybridized carbons (Fsp3) is 0.562. The summed E-state index contributed by atoms with van der Waals surface area (Å²) in [5.41, 5.74) is 0.707. The fourth-order valence-electron chi connectivity index (χ4n) is 1.72. The standard InChI is InChI=1S/C16H24ClNO2S/c1-5-8-18-10-12-6-7-13(17)9-14(12)21-11-15(19)20-16(2,3)4/h6-7,9,18H,5,8,10-11H2,1-4H3. The molecule has 0 atom stereocenters. The van der Waals surface area contributed by atoms with Crippen LogP contribution < -0.4 is 5.32 Å². The first-order valence-electron chi connectivity index (χ1n) is 7.15. The Hall–Kier alpha value is -0.710. The Balaban J connectivity index is 2.64. The normalized spacial score (nSPS) is 11.5. The third-order valence-electron chi connectivity index (χ3n) is 2.54. The second-order valence-electron chi connectivity index (χ2n) is 5.80. The number of halogens is 1. The fourth-order valence-corrected chi connectivity index (χ4v) is 2.82. The van der Waals surface area contributed by atoms with Crippen molar-refractivity contribution in [2.75, 3.05) is 12.3 Å². The van der Waals surface area contributed by atoms with E-state index >= 15 is 0 Å². The van der Waals surface area contributed by atoms with Gasteiger partial charge in [-0.3, -0.25) is 4.79 Å². The molecule has 0 saturated heterocycles. The van der Waals surface area contributed by atoms with E-state index in [1.807, 2.05) is 39.0 Å². The molecular formula is C16H24ClNO2S. The number of carbonyl (C=O) groups is 1. The molecule has 0 aliphatic heterocycles. The zero-order valence-corrected chi connectivity index (χ0v) is 14.7. The molecule has 0 bridgehead atoms. The summed E-state index contributed by atoms with van der Waals surface area (Å²) in [6, 6.07) is 5.78. The van der Waals surface area contributed by atoms with E-state index in [0.717, 1.165) is 30.0 Å². The number of hydrogen-bond donors (Lipinski definition) is 1. The molecule has 1 aromatic carbocycles. The quantitative estimate of drug-likeness (QED) is 0.460. The van der Waals surface area contributed by atoms with Crippen LogP contribution in [-0.4, -0.2) is 23.9 Å². The molecule has 0 aromatic heterocycles. The van der Waals surface area contributed by atoms with Crippen LogP contribution in [0.25, 0.3) is 0 Å². The van der Waals surface area contributed by atoms with Crippen molar-refractivity contribution in [3.8, 4) is 0 Å². The maximum absolute atomic E-state index is 11.8. The SMILES string of the molecule is CCCNCc1ccc(Cl)cc1SCC(=O)OC(C)(C)C. The van der Waals surface area contributed by atoms with Crippen molar-refractivity contribution in [2.24, 2.45) is 0 Å². The van der Waals surface area contributed by atoms with Gasteiger partial charge in [0.05, 0.1) is 5.75 Å². The largest absolute Gasteiger partial charge is 0.459 e. The monoisotopic (exact) mass is 329 g/mol. The predicted molar refractivity (Wildman–Crippen MR) is 90.0 cm³/mol. The van der Waals surface area contributed by atoms with Gasteiger partial charge in [-0.05, 0) is 51.4 Å². The van der Waals surface area contributed by atoms with Gasteiger partial charge in [-0.2, -0.15) is 0 Å². The highest BCUT2D eigenvalue weighted by Crippen LogP contribution is 2.27. The van der Waals surface area contributed by atoms with Crippen LogP contribution in [0, 0.1) is 0 Å². The maximum Gasteiger partial charge on any atom is 0.316 e.